The third-order valence-corrected chi connectivity index (χ3v) is 4.41. The normalized spacial score (nSPS) is 21.4. The smallest absolute Gasteiger partial charge is 0.330 e. The number of carbonyl (C=O) groups excluding carboxylic acids is 2. The molecule has 0 spiro atoms. The maximum absolute atomic E-state index is 12.1. The lowest BCUT2D eigenvalue weighted by molar-refractivity contribution is -0.143. The number of benzene rings is 1. The van der Waals surface area contributed by atoms with Crippen molar-refractivity contribution in [3.63, 3.8) is 0 Å². The lowest BCUT2D eigenvalue weighted by Crippen LogP contribution is -2.54. The van der Waals surface area contributed by atoms with Crippen LogP contribution in [0, 0.1) is 0 Å². The van der Waals surface area contributed by atoms with Gasteiger partial charge >= 0.3 is 5.97 Å². The standard InChI is InChI=1S/C13H14N2O4S/c14-10(16)8-1-3-9(4-2-8)11(17)15-13(12(18)19)5-6-20-7-13/h1-4H,5-7H2,(H2,14,16)(H,15,17)(H,18,19). The van der Waals surface area contributed by atoms with Crippen LogP contribution in [0.1, 0.15) is 27.1 Å². The van der Waals surface area contributed by atoms with Crippen molar-refractivity contribution >= 4 is 29.5 Å². The summed E-state index contributed by atoms with van der Waals surface area (Å²) in [7, 11) is 0. The zero-order chi connectivity index (χ0) is 14.8. The molecule has 1 heterocycles. The minimum absolute atomic E-state index is 0.297. The molecule has 1 aromatic carbocycles. The number of carboxylic acid groups (broad SMARTS) is 1. The molecule has 0 radical (unpaired) electrons. The van der Waals surface area contributed by atoms with Gasteiger partial charge in [0, 0.05) is 16.9 Å². The first-order chi connectivity index (χ1) is 9.44. The number of carboxylic acids is 1. The van der Waals surface area contributed by atoms with Gasteiger partial charge in [0.15, 0.2) is 0 Å². The van der Waals surface area contributed by atoms with Crippen LogP contribution in [0.25, 0.3) is 0 Å². The van der Waals surface area contributed by atoms with E-state index in [0.29, 0.717) is 29.1 Å². The first kappa shape index (κ1) is 14.4. The number of rotatable bonds is 4. The van der Waals surface area contributed by atoms with Crippen LogP contribution in [-0.2, 0) is 4.79 Å². The number of amides is 2. The van der Waals surface area contributed by atoms with E-state index in [4.69, 9.17) is 5.73 Å². The number of aliphatic carboxylic acids is 1. The van der Waals surface area contributed by atoms with Gasteiger partial charge in [-0.15, -0.1) is 0 Å². The van der Waals surface area contributed by atoms with Gasteiger partial charge in [-0.1, -0.05) is 0 Å². The highest BCUT2D eigenvalue weighted by atomic mass is 32.2. The molecule has 20 heavy (non-hydrogen) atoms. The number of primary amides is 1. The van der Waals surface area contributed by atoms with E-state index >= 15 is 0 Å². The molecule has 106 valence electrons. The number of nitrogens with one attached hydrogen (secondary N) is 1. The minimum Gasteiger partial charge on any atom is -0.479 e. The van der Waals surface area contributed by atoms with E-state index in [-0.39, 0.29) is 0 Å². The van der Waals surface area contributed by atoms with Crippen molar-refractivity contribution in [2.75, 3.05) is 11.5 Å². The number of carbonyl (C=O) groups is 3. The predicted molar refractivity (Wildman–Crippen MR) is 74.7 cm³/mol. The number of nitrogens with two attached hydrogens (primary N) is 1. The molecular formula is C13H14N2O4S. The second-order valence-electron chi connectivity index (χ2n) is 4.59. The molecule has 1 saturated heterocycles. The van der Waals surface area contributed by atoms with Crippen molar-refractivity contribution in [2.45, 2.75) is 12.0 Å². The third kappa shape index (κ3) is 2.77. The molecule has 1 aromatic rings. The van der Waals surface area contributed by atoms with Crippen molar-refractivity contribution in [1.82, 2.24) is 5.32 Å². The Hall–Kier alpha value is -2.02. The maximum atomic E-state index is 12.1. The molecule has 6 nitrogen and oxygen atoms in total. The van der Waals surface area contributed by atoms with Gasteiger partial charge in [-0.2, -0.15) is 11.8 Å². The van der Waals surface area contributed by atoms with Crippen LogP contribution in [0.5, 0.6) is 0 Å². The molecule has 2 amide bonds. The van der Waals surface area contributed by atoms with Crippen LogP contribution >= 0.6 is 11.8 Å². The van der Waals surface area contributed by atoms with Crippen LogP contribution < -0.4 is 11.1 Å². The highest BCUT2D eigenvalue weighted by Crippen LogP contribution is 2.28. The first-order valence-electron chi connectivity index (χ1n) is 5.98. The van der Waals surface area contributed by atoms with Crippen molar-refractivity contribution in [3.05, 3.63) is 35.4 Å². The Morgan fingerprint density at radius 1 is 1.20 bits per heavy atom. The molecule has 1 atom stereocenters. The summed E-state index contributed by atoms with van der Waals surface area (Å²) < 4.78 is 0. The molecule has 0 saturated carbocycles. The molecule has 1 aliphatic heterocycles. The Labute approximate surface area is 119 Å². The Kier molecular flexibility index (Phi) is 3.99. The van der Waals surface area contributed by atoms with Gasteiger partial charge in [0.25, 0.3) is 5.91 Å². The fourth-order valence-corrected chi connectivity index (χ4v) is 3.29. The van der Waals surface area contributed by atoms with Crippen LogP contribution in [0.4, 0.5) is 0 Å². The number of thioether (sulfide) groups is 1. The van der Waals surface area contributed by atoms with Gasteiger partial charge in [0.2, 0.25) is 5.91 Å². The zero-order valence-electron chi connectivity index (χ0n) is 10.6. The van der Waals surface area contributed by atoms with Gasteiger partial charge in [-0.3, -0.25) is 9.59 Å². The summed E-state index contributed by atoms with van der Waals surface area (Å²) >= 11 is 1.50. The molecule has 1 aliphatic rings. The van der Waals surface area contributed by atoms with Gasteiger partial charge in [-0.05, 0) is 36.4 Å². The van der Waals surface area contributed by atoms with Crippen LogP contribution in [0.15, 0.2) is 24.3 Å². The molecule has 0 aromatic heterocycles. The fraction of sp³-hybridized carbons (Fsp3) is 0.308. The second-order valence-corrected chi connectivity index (χ2v) is 5.69. The molecule has 7 heteroatoms. The molecule has 4 N–H and O–H groups in total. The summed E-state index contributed by atoms with van der Waals surface area (Å²) in [5.41, 5.74) is 4.50. The summed E-state index contributed by atoms with van der Waals surface area (Å²) in [6, 6.07) is 5.78. The van der Waals surface area contributed by atoms with E-state index in [9.17, 15) is 19.5 Å². The quantitative estimate of drug-likeness (QED) is 0.748. The van der Waals surface area contributed by atoms with Gasteiger partial charge in [0.1, 0.15) is 5.54 Å². The van der Waals surface area contributed by atoms with Crippen molar-refractivity contribution in [1.29, 1.82) is 0 Å². The van der Waals surface area contributed by atoms with Crippen molar-refractivity contribution in [3.8, 4) is 0 Å². The Bertz CT molecular complexity index is 550. The largest absolute Gasteiger partial charge is 0.479 e. The highest BCUT2D eigenvalue weighted by Gasteiger charge is 2.43. The predicted octanol–water partition coefficient (Wildman–Crippen LogP) is 0.476. The average molecular weight is 294 g/mol. The Morgan fingerprint density at radius 2 is 1.80 bits per heavy atom. The summed E-state index contributed by atoms with van der Waals surface area (Å²) in [5.74, 6) is -1.01. The van der Waals surface area contributed by atoms with Gasteiger partial charge < -0.3 is 16.2 Å². The topological polar surface area (TPSA) is 109 Å². The average Bonchev–Trinajstić information content (AvgIpc) is 2.88. The van der Waals surface area contributed by atoms with Gasteiger partial charge in [-0.25, -0.2) is 4.79 Å². The summed E-state index contributed by atoms with van der Waals surface area (Å²) in [6.45, 7) is 0. The van der Waals surface area contributed by atoms with E-state index < -0.39 is 23.3 Å². The Morgan fingerprint density at radius 3 is 2.25 bits per heavy atom. The van der Waals surface area contributed by atoms with Crippen LogP contribution in [0.3, 0.4) is 0 Å². The lowest BCUT2D eigenvalue weighted by Gasteiger charge is -2.24. The SMILES string of the molecule is NC(=O)c1ccc(C(=O)NC2(C(=O)O)CCSC2)cc1. The molecular weight excluding hydrogens is 280 g/mol. The van der Waals surface area contributed by atoms with E-state index in [1.807, 2.05) is 0 Å². The summed E-state index contributed by atoms with van der Waals surface area (Å²) in [4.78, 5) is 34.4. The van der Waals surface area contributed by atoms with E-state index in [0.717, 1.165) is 0 Å². The number of hydrogen-bond acceptors (Lipinski definition) is 4. The summed E-state index contributed by atoms with van der Waals surface area (Å²) in [6.07, 6.45) is 0.401. The van der Waals surface area contributed by atoms with Gasteiger partial charge in [0.05, 0.1) is 0 Å². The first-order valence-corrected chi connectivity index (χ1v) is 7.14. The molecule has 0 bridgehead atoms. The number of hydrogen-bond donors (Lipinski definition) is 3. The second kappa shape index (κ2) is 5.54. The molecule has 0 aliphatic carbocycles. The van der Waals surface area contributed by atoms with E-state index in [1.54, 1.807) is 0 Å². The van der Waals surface area contributed by atoms with Crippen LogP contribution in [-0.4, -0.2) is 39.9 Å². The Balaban J connectivity index is 2.15. The third-order valence-electron chi connectivity index (χ3n) is 3.22. The molecule has 2 rings (SSSR count). The maximum Gasteiger partial charge on any atom is 0.330 e. The molecule has 1 unspecified atom stereocenters. The zero-order valence-corrected chi connectivity index (χ0v) is 11.4. The lowest BCUT2D eigenvalue weighted by atomic mass is 9.98. The van der Waals surface area contributed by atoms with Crippen LogP contribution in [0.2, 0.25) is 0 Å². The van der Waals surface area contributed by atoms with E-state index in [1.165, 1.54) is 36.0 Å². The van der Waals surface area contributed by atoms with Crippen molar-refractivity contribution < 1.29 is 19.5 Å². The highest BCUT2D eigenvalue weighted by molar-refractivity contribution is 7.99. The fourth-order valence-electron chi connectivity index (χ4n) is 1.96. The monoisotopic (exact) mass is 294 g/mol. The minimum atomic E-state index is -1.20. The van der Waals surface area contributed by atoms with Crippen molar-refractivity contribution in [2.24, 2.45) is 5.73 Å². The van der Waals surface area contributed by atoms with E-state index in [2.05, 4.69) is 5.32 Å². The summed E-state index contributed by atoms with van der Waals surface area (Å²) in [5, 5.41) is 11.9. The molecule has 1 fully saturated rings.